The van der Waals surface area contributed by atoms with Gasteiger partial charge in [0.25, 0.3) is 0 Å². The summed E-state index contributed by atoms with van der Waals surface area (Å²) in [5.41, 5.74) is 2.57. The molecule has 4 nitrogen and oxygen atoms in total. The molecule has 1 atom stereocenters. The first-order chi connectivity index (χ1) is 13.7. The Labute approximate surface area is 171 Å². The van der Waals surface area contributed by atoms with Gasteiger partial charge in [0, 0.05) is 10.6 Å². The zero-order valence-corrected chi connectivity index (χ0v) is 16.3. The molecule has 0 radical (unpaired) electrons. The number of nitrogens with one attached hydrogen (secondary N) is 1. The Morgan fingerprint density at radius 2 is 1.36 bits per heavy atom. The van der Waals surface area contributed by atoms with E-state index in [0.717, 1.165) is 27.8 Å². The van der Waals surface area contributed by atoms with Gasteiger partial charge in [0.05, 0.1) is 11.4 Å². The predicted molar refractivity (Wildman–Crippen MR) is 115 cm³/mol. The fraction of sp³-hybridized carbons (Fsp3) is 0.0455. The van der Waals surface area contributed by atoms with Crippen LogP contribution in [0.15, 0.2) is 94.7 Å². The molecule has 0 fully saturated rings. The maximum absolute atomic E-state index is 13.4. The quantitative estimate of drug-likeness (QED) is 0.489. The molecule has 1 N–H and O–H groups in total. The molecule has 0 bridgehead atoms. The number of para-hydroxylation sites is 2. The Balaban J connectivity index is 1.71. The molecular weight excluding hydrogens is 390 g/mol. The van der Waals surface area contributed by atoms with E-state index in [2.05, 4.69) is 5.32 Å². The minimum Gasteiger partial charge on any atom is -0.353 e. The van der Waals surface area contributed by atoms with Crippen molar-refractivity contribution in [1.29, 1.82) is 0 Å². The molecule has 0 spiro atoms. The lowest BCUT2D eigenvalue weighted by Crippen LogP contribution is -2.24. The number of thioether (sulfide) groups is 1. The van der Waals surface area contributed by atoms with Gasteiger partial charge in [0.15, 0.2) is 0 Å². The highest BCUT2D eigenvalue weighted by atomic mass is 35.5. The number of nitrogens with zero attached hydrogens (tertiary/aromatic N) is 2. The van der Waals surface area contributed by atoms with Gasteiger partial charge < -0.3 is 5.32 Å². The number of anilines is 1. The minimum absolute atomic E-state index is 0.0655. The van der Waals surface area contributed by atoms with E-state index < -0.39 is 0 Å². The van der Waals surface area contributed by atoms with Crippen molar-refractivity contribution in [3.05, 3.63) is 106 Å². The van der Waals surface area contributed by atoms with Crippen LogP contribution in [0.2, 0.25) is 5.02 Å². The smallest absolute Gasteiger partial charge is 0.339 e. The average Bonchev–Trinajstić information content (AvgIpc) is 3.25. The molecule has 3 aromatic carbocycles. The fourth-order valence-corrected chi connectivity index (χ4v) is 5.02. The number of aromatic nitrogens is 2. The van der Waals surface area contributed by atoms with Crippen LogP contribution in [-0.2, 0) is 0 Å². The van der Waals surface area contributed by atoms with Crippen LogP contribution >= 0.6 is 23.4 Å². The highest BCUT2D eigenvalue weighted by Crippen LogP contribution is 2.48. The summed E-state index contributed by atoms with van der Waals surface area (Å²) in [6.45, 7) is 0. The van der Waals surface area contributed by atoms with Crippen LogP contribution in [-0.4, -0.2) is 9.13 Å². The molecule has 6 heteroatoms. The van der Waals surface area contributed by atoms with Gasteiger partial charge in [0.1, 0.15) is 16.2 Å². The molecule has 138 valence electrons. The Kier molecular flexibility index (Phi) is 4.26. The van der Waals surface area contributed by atoms with Crippen molar-refractivity contribution < 1.29 is 0 Å². The summed E-state index contributed by atoms with van der Waals surface area (Å²) in [4.78, 5) is 13.4. The topological polar surface area (TPSA) is 39.0 Å². The molecule has 28 heavy (non-hydrogen) atoms. The standard InChI is InChI=1S/C22H16ClN3OS/c23-18-14-8-7-13-17(18)20-24-19-21(28-20)26(16-11-5-2-6-12-16)22(27)25(19)15-9-3-1-4-10-15/h1-14,20,24H. The second kappa shape index (κ2) is 6.93. The van der Waals surface area contributed by atoms with Gasteiger partial charge in [0.2, 0.25) is 0 Å². The van der Waals surface area contributed by atoms with Crippen molar-refractivity contribution in [2.75, 3.05) is 5.32 Å². The van der Waals surface area contributed by atoms with Crippen LogP contribution in [0.25, 0.3) is 11.4 Å². The second-order valence-corrected chi connectivity index (χ2v) is 7.94. The monoisotopic (exact) mass is 405 g/mol. The SMILES string of the molecule is O=c1n(-c2ccccc2)c2c(n1-c1ccccc1)SC(c1ccccc1Cl)N2. The lowest BCUT2D eigenvalue weighted by Gasteiger charge is -2.15. The molecule has 4 aromatic rings. The largest absolute Gasteiger partial charge is 0.353 e. The first-order valence-electron chi connectivity index (χ1n) is 8.90. The lowest BCUT2D eigenvalue weighted by atomic mass is 10.2. The molecule has 0 amide bonds. The number of benzene rings is 3. The van der Waals surface area contributed by atoms with Gasteiger partial charge >= 0.3 is 5.69 Å². The van der Waals surface area contributed by atoms with E-state index in [1.807, 2.05) is 84.9 Å². The zero-order chi connectivity index (χ0) is 19.1. The zero-order valence-electron chi connectivity index (χ0n) is 14.7. The van der Waals surface area contributed by atoms with Crippen molar-refractivity contribution >= 4 is 29.2 Å². The third-order valence-electron chi connectivity index (χ3n) is 4.73. The normalized spacial score (nSPS) is 15.2. The van der Waals surface area contributed by atoms with E-state index in [4.69, 9.17) is 11.6 Å². The van der Waals surface area contributed by atoms with Gasteiger partial charge in [-0.05, 0) is 30.3 Å². The number of hydrogen-bond acceptors (Lipinski definition) is 3. The van der Waals surface area contributed by atoms with E-state index in [1.54, 1.807) is 20.9 Å². The summed E-state index contributed by atoms with van der Waals surface area (Å²) in [5.74, 6) is 0.787. The number of hydrogen-bond donors (Lipinski definition) is 1. The maximum atomic E-state index is 13.4. The Bertz CT molecular complexity index is 1130. The highest BCUT2D eigenvalue weighted by molar-refractivity contribution is 8.00. The third kappa shape index (κ3) is 2.75. The van der Waals surface area contributed by atoms with Crippen molar-refractivity contribution in [2.24, 2.45) is 0 Å². The van der Waals surface area contributed by atoms with Crippen LogP contribution in [0.3, 0.4) is 0 Å². The first kappa shape index (κ1) is 17.2. The van der Waals surface area contributed by atoms with Crippen LogP contribution < -0.4 is 11.0 Å². The van der Waals surface area contributed by atoms with Crippen molar-refractivity contribution in [1.82, 2.24) is 9.13 Å². The van der Waals surface area contributed by atoms with Gasteiger partial charge in [-0.2, -0.15) is 0 Å². The molecule has 1 unspecified atom stereocenters. The van der Waals surface area contributed by atoms with Gasteiger partial charge in [-0.1, -0.05) is 78.0 Å². The molecule has 1 aromatic heterocycles. The molecule has 0 aliphatic carbocycles. The van der Waals surface area contributed by atoms with Crippen LogP contribution in [0.1, 0.15) is 10.9 Å². The van der Waals surface area contributed by atoms with E-state index in [-0.39, 0.29) is 11.1 Å². The summed E-state index contributed by atoms with van der Waals surface area (Å²) in [5, 5.41) is 5.03. The van der Waals surface area contributed by atoms with Crippen molar-refractivity contribution in [2.45, 2.75) is 10.4 Å². The Hall–Kier alpha value is -2.89. The maximum Gasteiger partial charge on any atom is 0.339 e. The van der Waals surface area contributed by atoms with Gasteiger partial charge in [-0.15, -0.1) is 0 Å². The van der Waals surface area contributed by atoms with E-state index in [9.17, 15) is 4.79 Å². The van der Waals surface area contributed by atoms with Crippen molar-refractivity contribution in [3.8, 4) is 11.4 Å². The molecule has 1 aliphatic rings. The molecule has 2 heterocycles. The molecule has 1 aliphatic heterocycles. The second-order valence-electron chi connectivity index (χ2n) is 6.44. The average molecular weight is 406 g/mol. The van der Waals surface area contributed by atoms with Crippen LogP contribution in [0.5, 0.6) is 0 Å². The molecular formula is C22H16ClN3OS. The predicted octanol–water partition coefficient (Wildman–Crippen LogP) is 5.50. The summed E-state index contributed by atoms with van der Waals surface area (Å²) < 4.78 is 3.49. The van der Waals surface area contributed by atoms with Crippen molar-refractivity contribution in [3.63, 3.8) is 0 Å². The molecule has 5 rings (SSSR count). The Morgan fingerprint density at radius 3 is 2.00 bits per heavy atom. The summed E-state index contributed by atoms with van der Waals surface area (Å²) in [6.07, 6.45) is 0. The highest BCUT2D eigenvalue weighted by Gasteiger charge is 2.33. The summed E-state index contributed by atoms with van der Waals surface area (Å²) in [6, 6.07) is 27.2. The van der Waals surface area contributed by atoms with Gasteiger partial charge in [-0.25, -0.2) is 9.36 Å². The van der Waals surface area contributed by atoms with Crippen LogP contribution in [0, 0.1) is 0 Å². The lowest BCUT2D eigenvalue weighted by molar-refractivity contribution is 0.867. The van der Waals surface area contributed by atoms with Crippen LogP contribution in [0.4, 0.5) is 5.82 Å². The van der Waals surface area contributed by atoms with E-state index >= 15 is 0 Å². The van der Waals surface area contributed by atoms with E-state index in [0.29, 0.717) is 5.02 Å². The third-order valence-corrected chi connectivity index (χ3v) is 6.28. The first-order valence-corrected chi connectivity index (χ1v) is 10.2. The number of fused-ring (bicyclic) bond motifs is 1. The molecule has 0 saturated heterocycles. The van der Waals surface area contributed by atoms with E-state index in [1.165, 1.54) is 0 Å². The van der Waals surface area contributed by atoms with Gasteiger partial charge in [-0.3, -0.25) is 4.57 Å². The number of imidazole rings is 1. The fourth-order valence-electron chi connectivity index (χ4n) is 3.43. The minimum atomic E-state index is -0.0972. The number of rotatable bonds is 3. The molecule has 0 saturated carbocycles. The summed E-state index contributed by atoms with van der Waals surface area (Å²) >= 11 is 8.03. The summed E-state index contributed by atoms with van der Waals surface area (Å²) in [7, 11) is 0. The number of halogens is 1. The Morgan fingerprint density at radius 1 is 0.786 bits per heavy atom.